The summed E-state index contributed by atoms with van der Waals surface area (Å²) in [7, 11) is 2.06. The van der Waals surface area contributed by atoms with E-state index in [4.69, 9.17) is 0 Å². The Bertz CT molecular complexity index is 153. The third-order valence-corrected chi connectivity index (χ3v) is 2.73. The summed E-state index contributed by atoms with van der Waals surface area (Å²) in [6.45, 7) is 4.51. The molecule has 0 radical (unpaired) electrons. The molecule has 1 aliphatic rings. The lowest BCUT2D eigenvalue weighted by Gasteiger charge is -2.38. The third-order valence-electron chi connectivity index (χ3n) is 2.73. The van der Waals surface area contributed by atoms with Crippen molar-refractivity contribution in [3.63, 3.8) is 0 Å². The summed E-state index contributed by atoms with van der Waals surface area (Å²) < 4.78 is 24.2. The molecule has 1 heterocycles. The van der Waals surface area contributed by atoms with Crippen LogP contribution in [-0.2, 0) is 0 Å². The Labute approximate surface area is 78.5 Å². The van der Waals surface area contributed by atoms with Gasteiger partial charge >= 0.3 is 0 Å². The first-order valence-electron chi connectivity index (χ1n) is 4.84. The molecule has 13 heavy (non-hydrogen) atoms. The predicted molar refractivity (Wildman–Crippen MR) is 49.2 cm³/mol. The largest absolute Gasteiger partial charge is 0.301 e. The van der Waals surface area contributed by atoms with E-state index in [9.17, 15) is 8.78 Å². The molecule has 1 fully saturated rings. The fourth-order valence-electron chi connectivity index (χ4n) is 1.81. The molecule has 1 aliphatic heterocycles. The highest BCUT2D eigenvalue weighted by Crippen LogP contribution is 2.11. The minimum Gasteiger partial charge on any atom is -0.301 e. The van der Waals surface area contributed by atoms with Gasteiger partial charge in [-0.1, -0.05) is 6.92 Å². The summed E-state index contributed by atoms with van der Waals surface area (Å²) in [5.41, 5.74) is 0. The number of hydrogen-bond acceptors (Lipinski definition) is 2. The molecule has 1 atom stereocenters. The predicted octanol–water partition coefficient (Wildman–Crippen LogP) is 1.28. The molecule has 0 aliphatic carbocycles. The molecule has 1 rings (SSSR count). The Balaban J connectivity index is 2.36. The van der Waals surface area contributed by atoms with Crippen LogP contribution in [0.2, 0.25) is 0 Å². The maximum atomic E-state index is 12.1. The van der Waals surface area contributed by atoms with Crippen molar-refractivity contribution >= 4 is 0 Å². The molecule has 4 heteroatoms. The first kappa shape index (κ1) is 10.9. The molecule has 0 bridgehead atoms. The number of likely N-dealkylation sites (N-methyl/N-ethyl adjacent to an activating group) is 1. The number of halogens is 2. The minimum absolute atomic E-state index is 0.0651. The van der Waals surface area contributed by atoms with Gasteiger partial charge in [0, 0.05) is 25.7 Å². The zero-order chi connectivity index (χ0) is 9.84. The van der Waals surface area contributed by atoms with E-state index in [-0.39, 0.29) is 6.54 Å². The standard InChI is InChI=1S/C9H18F2N2/c1-3-8-6-13(7-9(10)11)5-4-12(8)2/h8-9H,3-7H2,1-2H3/t8-/m1/s1. The van der Waals surface area contributed by atoms with Crippen LogP contribution >= 0.6 is 0 Å². The van der Waals surface area contributed by atoms with Gasteiger partial charge in [-0.2, -0.15) is 0 Å². The fraction of sp³-hybridized carbons (Fsp3) is 1.00. The second-order valence-corrected chi connectivity index (χ2v) is 3.69. The Morgan fingerprint density at radius 1 is 1.38 bits per heavy atom. The van der Waals surface area contributed by atoms with Crippen LogP contribution in [0.15, 0.2) is 0 Å². The summed E-state index contributed by atoms with van der Waals surface area (Å²) in [5.74, 6) is 0. The molecule has 0 aromatic carbocycles. The molecule has 0 spiro atoms. The SMILES string of the molecule is CC[C@@H]1CN(CC(F)F)CCN1C. The lowest BCUT2D eigenvalue weighted by molar-refractivity contribution is 0.0376. The van der Waals surface area contributed by atoms with Crippen molar-refractivity contribution < 1.29 is 8.78 Å². The number of piperazine rings is 1. The summed E-state index contributed by atoms with van der Waals surface area (Å²) in [4.78, 5) is 4.11. The normalized spacial score (nSPS) is 27.0. The monoisotopic (exact) mass is 192 g/mol. The van der Waals surface area contributed by atoms with Crippen LogP contribution in [0.25, 0.3) is 0 Å². The summed E-state index contributed by atoms with van der Waals surface area (Å²) in [5, 5.41) is 0. The Kier molecular flexibility index (Phi) is 4.06. The zero-order valence-corrected chi connectivity index (χ0v) is 8.34. The third kappa shape index (κ3) is 3.19. The van der Waals surface area contributed by atoms with Gasteiger partial charge in [0.2, 0.25) is 0 Å². The topological polar surface area (TPSA) is 6.48 Å². The van der Waals surface area contributed by atoms with Crippen molar-refractivity contribution in [3.8, 4) is 0 Å². The summed E-state index contributed by atoms with van der Waals surface area (Å²) in [6, 6.07) is 0.451. The van der Waals surface area contributed by atoms with E-state index in [0.29, 0.717) is 6.04 Å². The van der Waals surface area contributed by atoms with Gasteiger partial charge in [-0.15, -0.1) is 0 Å². The van der Waals surface area contributed by atoms with Crippen LogP contribution in [0.3, 0.4) is 0 Å². The van der Waals surface area contributed by atoms with Crippen molar-refractivity contribution in [2.24, 2.45) is 0 Å². The maximum absolute atomic E-state index is 12.1. The lowest BCUT2D eigenvalue weighted by atomic mass is 10.1. The number of hydrogen-bond donors (Lipinski definition) is 0. The molecule has 0 amide bonds. The Hall–Kier alpha value is -0.220. The molecule has 0 unspecified atom stereocenters. The van der Waals surface area contributed by atoms with Gasteiger partial charge in [0.05, 0.1) is 6.54 Å². The van der Waals surface area contributed by atoms with Crippen LogP contribution in [0.4, 0.5) is 8.78 Å². The van der Waals surface area contributed by atoms with Crippen molar-refractivity contribution in [2.45, 2.75) is 25.8 Å². The first-order chi connectivity index (χ1) is 6.13. The van der Waals surface area contributed by atoms with E-state index >= 15 is 0 Å². The highest BCUT2D eigenvalue weighted by atomic mass is 19.3. The maximum Gasteiger partial charge on any atom is 0.251 e. The van der Waals surface area contributed by atoms with Crippen LogP contribution in [-0.4, -0.2) is 55.5 Å². The average molecular weight is 192 g/mol. The van der Waals surface area contributed by atoms with Gasteiger partial charge < -0.3 is 4.90 Å². The van der Waals surface area contributed by atoms with E-state index in [1.807, 2.05) is 4.90 Å². The zero-order valence-electron chi connectivity index (χ0n) is 8.34. The second kappa shape index (κ2) is 4.86. The molecule has 1 saturated heterocycles. The van der Waals surface area contributed by atoms with E-state index in [1.54, 1.807) is 0 Å². The molecule has 2 nitrogen and oxygen atoms in total. The number of alkyl halides is 2. The van der Waals surface area contributed by atoms with Crippen molar-refractivity contribution in [1.29, 1.82) is 0 Å². The van der Waals surface area contributed by atoms with Gasteiger partial charge in [0.25, 0.3) is 6.43 Å². The molecule has 0 aromatic heterocycles. The first-order valence-corrected chi connectivity index (χ1v) is 4.84. The molecule has 0 saturated carbocycles. The van der Waals surface area contributed by atoms with Gasteiger partial charge in [0.1, 0.15) is 0 Å². The van der Waals surface area contributed by atoms with Gasteiger partial charge in [-0.25, -0.2) is 8.78 Å². The lowest BCUT2D eigenvalue weighted by Crippen LogP contribution is -2.52. The fourth-order valence-corrected chi connectivity index (χ4v) is 1.81. The average Bonchev–Trinajstić information content (AvgIpc) is 2.07. The van der Waals surface area contributed by atoms with E-state index in [1.165, 1.54) is 0 Å². The summed E-state index contributed by atoms with van der Waals surface area (Å²) in [6.07, 6.45) is -1.16. The van der Waals surface area contributed by atoms with Gasteiger partial charge in [-0.3, -0.25) is 4.90 Å². The van der Waals surface area contributed by atoms with E-state index < -0.39 is 6.43 Å². The Morgan fingerprint density at radius 2 is 2.08 bits per heavy atom. The Morgan fingerprint density at radius 3 is 2.62 bits per heavy atom. The van der Waals surface area contributed by atoms with Crippen LogP contribution in [0.1, 0.15) is 13.3 Å². The highest BCUT2D eigenvalue weighted by Gasteiger charge is 2.24. The van der Waals surface area contributed by atoms with Gasteiger partial charge in [-0.05, 0) is 13.5 Å². The number of nitrogens with zero attached hydrogens (tertiary/aromatic N) is 2. The van der Waals surface area contributed by atoms with E-state index in [0.717, 1.165) is 26.1 Å². The molecular formula is C9H18F2N2. The van der Waals surface area contributed by atoms with Crippen LogP contribution in [0, 0.1) is 0 Å². The van der Waals surface area contributed by atoms with Crippen LogP contribution < -0.4 is 0 Å². The van der Waals surface area contributed by atoms with Crippen molar-refractivity contribution in [2.75, 3.05) is 33.2 Å². The second-order valence-electron chi connectivity index (χ2n) is 3.69. The van der Waals surface area contributed by atoms with Crippen LogP contribution in [0.5, 0.6) is 0 Å². The van der Waals surface area contributed by atoms with Crippen molar-refractivity contribution in [1.82, 2.24) is 9.80 Å². The molecular weight excluding hydrogens is 174 g/mol. The minimum atomic E-state index is -2.19. The highest BCUT2D eigenvalue weighted by molar-refractivity contribution is 4.79. The summed E-state index contributed by atoms with van der Waals surface area (Å²) >= 11 is 0. The smallest absolute Gasteiger partial charge is 0.251 e. The van der Waals surface area contributed by atoms with E-state index in [2.05, 4.69) is 18.9 Å². The van der Waals surface area contributed by atoms with Gasteiger partial charge in [0.15, 0.2) is 0 Å². The number of rotatable bonds is 3. The molecule has 0 aromatic rings. The molecule has 0 N–H and O–H groups in total. The quantitative estimate of drug-likeness (QED) is 0.664. The molecule has 78 valence electrons. The van der Waals surface area contributed by atoms with Crippen molar-refractivity contribution in [3.05, 3.63) is 0 Å².